The van der Waals surface area contributed by atoms with Crippen LogP contribution in [0.1, 0.15) is 110 Å². The minimum Gasteiger partial charge on any atom is -0.390 e. The van der Waals surface area contributed by atoms with Crippen molar-refractivity contribution < 1.29 is 22.7 Å². The van der Waals surface area contributed by atoms with Crippen LogP contribution in [0.25, 0.3) is 5.57 Å². The van der Waals surface area contributed by atoms with E-state index in [0.29, 0.717) is 16.7 Å². The normalized spacial score (nSPS) is 11.3. The number of aryl methyl sites for hydroxylation is 6. The molecular weight excluding hydrogens is 921 g/mol. The number of hydrogen-bond donors (Lipinski definition) is 4. The van der Waals surface area contributed by atoms with Gasteiger partial charge in [0.05, 0.1) is 36.5 Å². The fraction of sp³-hybridized carbons (Fsp3) is 0.242. The van der Waals surface area contributed by atoms with Gasteiger partial charge in [0.1, 0.15) is 23.3 Å². The highest BCUT2D eigenvalue weighted by Crippen LogP contribution is 2.37. The Hall–Kier alpha value is -7.63. The van der Waals surface area contributed by atoms with Crippen LogP contribution in [0, 0.1) is 51.0 Å². The number of nitrogens with one attached hydrogen (secondary N) is 3. The van der Waals surface area contributed by atoms with Gasteiger partial charge in [0.2, 0.25) is 0 Å². The lowest BCUT2D eigenvalue weighted by Gasteiger charge is -2.29. The molecule has 0 saturated carbocycles. The average molecular weight is 985 g/mol. The third-order valence-electron chi connectivity index (χ3n) is 13.7. The summed E-state index contributed by atoms with van der Waals surface area (Å²) in [6.07, 6.45) is 16.6. The molecule has 0 spiro atoms. The number of rotatable bonds is 18. The number of H-pyrrole nitrogens is 3. The van der Waals surface area contributed by atoms with Crippen LogP contribution in [-0.4, -0.2) is 40.6 Å². The maximum Gasteiger partial charge on any atom is 0.123 e. The van der Waals surface area contributed by atoms with Crippen molar-refractivity contribution in [3.63, 3.8) is 0 Å². The number of imidazole rings is 3. The number of aromatic nitrogens is 6. The Morgan fingerprint density at radius 1 is 0.493 bits per heavy atom. The molecule has 0 radical (unpaired) electrons. The molecule has 0 atom stereocenters. The fourth-order valence-corrected chi connectivity index (χ4v) is 9.61. The molecule has 3 aromatic heterocycles. The van der Waals surface area contributed by atoms with Crippen LogP contribution < -0.4 is 0 Å². The second-order valence-corrected chi connectivity index (χ2v) is 18.9. The summed E-state index contributed by atoms with van der Waals surface area (Å²) in [7, 11) is 0. The SMILES string of the molecule is C=C(c1cnc[nH]1)C(c1cccc(F)c1)c1cccc(F)c1.Cc1cccc(C)c1CCC(O)(CCc1cnc[nH]1)CCc1c(C)cccc1C.Fc1cccc(C(CCc2cnc[nH]2)c2cccc(F)c2)c1. The molecule has 4 N–H and O–H groups in total. The van der Waals surface area contributed by atoms with Crippen molar-refractivity contribution in [1.82, 2.24) is 29.9 Å². The Kier molecular flexibility index (Phi) is 18.7. The first kappa shape index (κ1) is 53.2. The van der Waals surface area contributed by atoms with Crippen molar-refractivity contribution in [2.24, 2.45) is 0 Å². The Bertz CT molecular complexity index is 2940. The average Bonchev–Trinajstić information content (AvgIpc) is 4.21. The van der Waals surface area contributed by atoms with Gasteiger partial charge in [-0.05, 0) is 189 Å². The third-order valence-corrected chi connectivity index (χ3v) is 13.7. The Morgan fingerprint density at radius 3 is 1.26 bits per heavy atom. The maximum absolute atomic E-state index is 13.6. The van der Waals surface area contributed by atoms with Gasteiger partial charge in [0.25, 0.3) is 0 Å². The molecule has 0 aliphatic carbocycles. The van der Waals surface area contributed by atoms with E-state index in [9.17, 15) is 22.7 Å². The number of hydrogen-bond acceptors (Lipinski definition) is 4. The molecule has 0 unspecified atom stereocenters. The van der Waals surface area contributed by atoms with Crippen LogP contribution in [0.3, 0.4) is 0 Å². The highest BCUT2D eigenvalue weighted by atomic mass is 19.1. The van der Waals surface area contributed by atoms with E-state index in [2.05, 4.69) is 101 Å². The number of aromatic amines is 3. The van der Waals surface area contributed by atoms with Gasteiger partial charge in [-0.2, -0.15) is 0 Å². The second kappa shape index (κ2) is 25.7. The molecule has 7 nitrogen and oxygen atoms in total. The third kappa shape index (κ3) is 15.2. The van der Waals surface area contributed by atoms with Gasteiger partial charge in [0.15, 0.2) is 0 Å². The van der Waals surface area contributed by atoms with Gasteiger partial charge in [-0.25, -0.2) is 32.5 Å². The predicted octanol–water partition coefficient (Wildman–Crippen LogP) is 14.6. The number of aliphatic hydroxyl groups is 1. The van der Waals surface area contributed by atoms with E-state index >= 15 is 0 Å². The summed E-state index contributed by atoms with van der Waals surface area (Å²) in [5, 5.41) is 11.7. The number of benzene rings is 6. The summed E-state index contributed by atoms with van der Waals surface area (Å²) in [4.78, 5) is 21.3. The summed E-state index contributed by atoms with van der Waals surface area (Å²) >= 11 is 0. The smallest absolute Gasteiger partial charge is 0.123 e. The van der Waals surface area contributed by atoms with Crippen molar-refractivity contribution >= 4 is 5.57 Å². The summed E-state index contributed by atoms with van der Waals surface area (Å²) in [6.45, 7) is 12.8. The van der Waals surface area contributed by atoms with E-state index in [-0.39, 0.29) is 35.1 Å². The van der Waals surface area contributed by atoms with Crippen molar-refractivity contribution in [2.75, 3.05) is 0 Å². The molecule has 376 valence electrons. The molecule has 0 aliphatic heterocycles. The van der Waals surface area contributed by atoms with Crippen molar-refractivity contribution in [1.29, 1.82) is 0 Å². The largest absolute Gasteiger partial charge is 0.390 e. The zero-order valence-corrected chi connectivity index (χ0v) is 42.0. The maximum atomic E-state index is 13.6. The van der Waals surface area contributed by atoms with Crippen molar-refractivity contribution in [3.8, 4) is 0 Å². The van der Waals surface area contributed by atoms with Crippen LogP contribution in [0.2, 0.25) is 0 Å². The summed E-state index contributed by atoms with van der Waals surface area (Å²) in [6, 6.07) is 38.4. The fourth-order valence-electron chi connectivity index (χ4n) is 9.61. The number of halogens is 4. The highest BCUT2D eigenvalue weighted by Gasteiger charge is 2.28. The van der Waals surface area contributed by atoms with E-state index in [1.54, 1.807) is 67.8 Å². The van der Waals surface area contributed by atoms with Crippen molar-refractivity contribution in [3.05, 3.63) is 274 Å². The van der Waals surface area contributed by atoms with Gasteiger partial charge in [-0.15, -0.1) is 0 Å². The minimum atomic E-state index is -0.700. The molecular formula is C62H64F4N6O. The van der Waals surface area contributed by atoms with E-state index < -0.39 is 5.60 Å². The van der Waals surface area contributed by atoms with Gasteiger partial charge in [0, 0.05) is 35.6 Å². The summed E-state index contributed by atoms with van der Waals surface area (Å²) in [5.74, 6) is -1.64. The lowest BCUT2D eigenvalue weighted by molar-refractivity contribution is 0.0147. The lowest BCUT2D eigenvalue weighted by Crippen LogP contribution is -2.31. The van der Waals surface area contributed by atoms with E-state index in [4.69, 9.17) is 0 Å². The number of allylic oxidation sites excluding steroid dienone is 1. The quantitative estimate of drug-likeness (QED) is 0.0643. The Balaban J connectivity index is 0.000000163. The predicted molar refractivity (Wildman–Crippen MR) is 284 cm³/mol. The molecule has 0 bridgehead atoms. The Morgan fingerprint density at radius 2 is 0.863 bits per heavy atom. The molecule has 0 fully saturated rings. The van der Waals surface area contributed by atoms with Gasteiger partial charge < -0.3 is 20.1 Å². The first-order valence-electron chi connectivity index (χ1n) is 24.7. The summed E-state index contributed by atoms with van der Waals surface area (Å²) in [5.41, 5.74) is 14.0. The zero-order chi connectivity index (χ0) is 51.7. The monoisotopic (exact) mass is 985 g/mol. The summed E-state index contributed by atoms with van der Waals surface area (Å²) < 4.78 is 54.3. The molecule has 6 aromatic carbocycles. The molecule has 11 heteroatoms. The molecule has 73 heavy (non-hydrogen) atoms. The highest BCUT2D eigenvalue weighted by molar-refractivity contribution is 5.71. The molecule has 0 amide bonds. The lowest BCUT2D eigenvalue weighted by atomic mass is 9.82. The van der Waals surface area contributed by atoms with E-state index in [1.165, 1.54) is 81.9 Å². The first-order chi connectivity index (χ1) is 35.2. The topological polar surface area (TPSA) is 106 Å². The molecule has 0 saturated heterocycles. The number of nitrogens with zero attached hydrogens (tertiary/aromatic N) is 3. The first-order valence-corrected chi connectivity index (χ1v) is 24.7. The molecule has 0 aliphatic rings. The van der Waals surface area contributed by atoms with Gasteiger partial charge in [-0.1, -0.05) is 91.5 Å². The molecule has 3 heterocycles. The molecule has 9 rings (SSSR count). The van der Waals surface area contributed by atoms with Crippen LogP contribution in [0.5, 0.6) is 0 Å². The van der Waals surface area contributed by atoms with Crippen LogP contribution in [0.15, 0.2) is 178 Å². The zero-order valence-electron chi connectivity index (χ0n) is 42.0. The van der Waals surface area contributed by atoms with Crippen LogP contribution in [-0.2, 0) is 25.7 Å². The van der Waals surface area contributed by atoms with Crippen LogP contribution >= 0.6 is 0 Å². The Labute approximate surface area is 426 Å². The van der Waals surface area contributed by atoms with E-state index in [1.807, 2.05) is 18.3 Å². The van der Waals surface area contributed by atoms with Crippen LogP contribution in [0.4, 0.5) is 17.6 Å². The van der Waals surface area contributed by atoms with Gasteiger partial charge in [-0.3, -0.25) is 0 Å². The van der Waals surface area contributed by atoms with Gasteiger partial charge >= 0.3 is 0 Å². The standard InChI is InChI=1S/C26H34N2O.C18H14F2N2.C18H16F2N2/c1-19-7-5-8-20(2)24(19)12-15-26(29,14-11-23-17-27-18-28-23)16-13-25-21(3)9-6-10-22(25)4;1-12(17-10-21-11-22-17)18(13-4-2-6-15(19)8-13)14-5-3-7-16(20)9-14;19-15-5-1-3-13(9-15)18(8-7-17-11-21-12-22-17)14-4-2-6-16(20)10-14/h5-10,17-18,29H,11-16H2,1-4H3,(H,27,28);2-11,18H,1H2,(H,21,22);1-6,9-12,18H,7-8H2,(H,21,22). The minimum absolute atomic E-state index is 0.0605. The van der Waals surface area contributed by atoms with Crippen molar-refractivity contribution in [2.45, 2.75) is 96.5 Å². The van der Waals surface area contributed by atoms with E-state index in [0.717, 1.165) is 79.6 Å². The molecule has 9 aromatic rings. The second-order valence-electron chi connectivity index (χ2n) is 18.9.